The maximum Gasteiger partial charge on any atom is 0.187 e. The summed E-state index contributed by atoms with van der Waals surface area (Å²) in [7, 11) is 0. The standard InChI is InChI=1S/C15H14ClN3OS/c1-2-9-17-15(21)19-18-10-13-7-8-14(20-13)11-3-5-12(16)6-4-11/h2-8,10H,1,9H2,(H2,17,19,21). The van der Waals surface area contributed by atoms with Gasteiger partial charge in [-0.1, -0.05) is 17.7 Å². The molecule has 21 heavy (non-hydrogen) atoms. The van der Waals surface area contributed by atoms with Crippen LogP contribution in [-0.2, 0) is 0 Å². The average molecular weight is 320 g/mol. The van der Waals surface area contributed by atoms with Crippen LogP contribution in [0.2, 0.25) is 5.02 Å². The van der Waals surface area contributed by atoms with E-state index < -0.39 is 0 Å². The van der Waals surface area contributed by atoms with Crippen molar-refractivity contribution in [3.63, 3.8) is 0 Å². The van der Waals surface area contributed by atoms with Gasteiger partial charge in [0.1, 0.15) is 11.5 Å². The zero-order valence-electron chi connectivity index (χ0n) is 11.2. The highest BCUT2D eigenvalue weighted by atomic mass is 35.5. The van der Waals surface area contributed by atoms with Gasteiger partial charge in [-0.3, -0.25) is 5.43 Å². The highest BCUT2D eigenvalue weighted by Gasteiger charge is 2.03. The summed E-state index contributed by atoms with van der Waals surface area (Å²) >= 11 is 10.9. The van der Waals surface area contributed by atoms with E-state index in [1.807, 2.05) is 36.4 Å². The van der Waals surface area contributed by atoms with Crippen LogP contribution in [0.25, 0.3) is 11.3 Å². The molecule has 1 aromatic carbocycles. The molecule has 0 atom stereocenters. The Labute approximate surface area is 133 Å². The molecule has 0 saturated carbocycles. The molecule has 108 valence electrons. The van der Waals surface area contributed by atoms with E-state index in [1.165, 1.54) is 0 Å². The summed E-state index contributed by atoms with van der Waals surface area (Å²) in [5, 5.41) is 8.01. The number of rotatable bonds is 5. The second kappa shape index (κ2) is 7.61. The number of hydrogen-bond donors (Lipinski definition) is 2. The van der Waals surface area contributed by atoms with Gasteiger partial charge in [-0.25, -0.2) is 0 Å². The fraction of sp³-hybridized carbons (Fsp3) is 0.0667. The SMILES string of the molecule is C=CCNC(=S)NN=Cc1ccc(-c2ccc(Cl)cc2)o1. The van der Waals surface area contributed by atoms with Crippen LogP contribution in [0.3, 0.4) is 0 Å². The first-order chi connectivity index (χ1) is 10.2. The van der Waals surface area contributed by atoms with Crippen molar-refractivity contribution in [1.29, 1.82) is 0 Å². The van der Waals surface area contributed by atoms with E-state index in [9.17, 15) is 0 Å². The lowest BCUT2D eigenvalue weighted by molar-refractivity contribution is 0.574. The van der Waals surface area contributed by atoms with Gasteiger partial charge in [-0.2, -0.15) is 5.10 Å². The summed E-state index contributed by atoms with van der Waals surface area (Å²) < 4.78 is 5.66. The van der Waals surface area contributed by atoms with Gasteiger partial charge in [0.15, 0.2) is 5.11 Å². The highest BCUT2D eigenvalue weighted by molar-refractivity contribution is 7.80. The first-order valence-corrected chi connectivity index (χ1v) is 7.01. The van der Waals surface area contributed by atoms with Crippen molar-refractivity contribution in [2.75, 3.05) is 6.54 Å². The highest BCUT2D eigenvalue weighted by Crippen LogP contribution is 2.23. The third-order valence-corrected chi connectivity index (χ3v) is 3.01. The van der Waals surface area contributed by atoms with Crippen molar-refractivity contribution in [2.45, 2.75) is 0 Å². The molecule has 6 heteroatoms. The minimum atomic E-state index is 0.427. The predicted octanol–water partition coefficient (Wildman–Crippen LogP) is 3.58. The quantitative estimate of drug-likeness (QED) is 0.383. The molecule has 0 aliphatic carbocycles. The van der Waals surface area contributed by atoms with Crippen LogP contribution >= 0.6 is 23.8 Å². The van der Waals surface area contributed by atoms with Crippen LogP contribution in [0.1, 0.15) is 5.76 Å². The second-order valence-corrected chi connectivity index (χ2v) is 4.92. The molecule has 0 spiro atoms. The number of furan rings is 1. The Morgan fingerprint density at radius 2 is 2.05 bits per heavy atom. The summed E-state index contributed by atoms with van der Waals surface area (Å²) in [4.78, 5) is 0. The Kier molecular flexibility index (Phi) is 5.54. The lowest BCUT2D eigenvalue weighted by atomic mass is 10.2. The Balaban J connectivity index is 1.95. The zero-order valence-corrected chi connectivity index (χ0v) is 12.7. The second-order valence-electron chi connectivity index (χ2n) is 4.08. The maximum absolute atomic E-state index is 5.85. The van der Waals surface area contributed by atoms with Crippen molar-refractivity contribution < 1.29 is 4.42 Å². The van der Waals surface area contributed by atoms with Gasteiger partial charge >= 0.3 is 0 Å². The van der Waals surface area contributed by atoms with E-state index in [4.69, 9.17) is 28.2 Å². The fourth-order valence-corrected chi connectivity index (χ4v) is 1.81. The van der Waals surface area contributed by atoms with Crippen molar-refractivity contribution in [3.8, 4) is 11.3 Å². The molecule has 2 N–H and O–H groups in total. The van der Waals surface area contributed by atoms with Crippen LogP contribution in [0, 0.1) is 0 Å². The third kappa shape index (κ3) is 4.73. The fourth-order valence-electron chi connectivity index (χ4n) is 1.55. The summed E-state index contributed by atoms with van der Waals surface area (Å²) in [6.07, 6.45) is 3.27. The van der Waals surface area contributed by atoms with Crippen LogP contribution in [0.4, 0.5) is 0 Å². The smallest absolute Gasteiger partial charge is 0.187 e. The molecule has 0 bridgehead atoms. The predicted molar refractivity (Wildman–Crippen MR) is 90.7 cm³/mol. The van der Waals surface area contributed by atoms with Crippen LogP contribution < -0.4 is 10.7 Å². The first kappa shape index (κ1) is 15.3. The third-order valence-electron chi connectivity index (χ3n) is 2.52. The summed E-state index contributed by atoms with van der Waals surface area (Å²) in [6, 6.07) is 11.1. The van der Waals surface area contributed by atoms with Crippen molar-refractivity contribution in [1.82, 2.24) is 10.7 Å². The molecule has 0 radical (unpaired) electrons. The molecule has 0 fully saturated rings. The Morgan fingerprint density at radius 1 is 1.29 bits per heavy atom. The van der Waals surface area contributed by atoms with Gasteiger partial charge in [0, 0.05) is 17.1 Å². The van der Waals surface area contributed by atoms with Gasteiger partial charge in [-0.15, -0.1) is 6.58 Å². The van der Waals surface area contributed by atoms with Gasteiger partial charge in [0.25, 0.3) is 0 Å². The molecule has 2 rings (SSSR count). The molecule has 0 aliphatic heterocycles. The summed E-state index contributed by atoms with van der Waals surface area (Å²) in [6.45, 7) is 4.17. The molecule has 0 unspecified atom stereocenters. The molecular formula is C15H14ClN3OS. The number of nitrogens with zero attached hydrogens (tertiary/aromatic N) is 1. The number of nitrogens with one attached hydrogen (secondary N) is 2. The number of thiocarbonyl (C=S) groups is 1. The molecule has 0 amide bonds. The van der Waals surface area contributed by atoms with Gasteiger partial charge < -0.3 is 9.73 Å². The number of hydrazone groups is 1. The minimum Gasteiger partial charge on any atom is -0.455 e. The van der Waals surface area contributed by atoms with E-state index in [1.54, 1.807) is 12.3 Å². The normalized spacial score (nSPS) is 10.5. The average Bonchev–Trinajstić information content (AvgIpc) is 2.95. The zero-order chi connectivity index (χ0) is 15.1. The molecule has 1 heterocycles. The first-order valence-electron chi connectivity index (χ1n) is 6.22. The lowest BCUT2D eigenvalue weighted by Gasteiger charge is -2.02. The molecule has 2 aromatic rings. The van der Waals surface area contributed by atoms with E-state index in [-0.39, 0.29) is 0 Å². The van der Waals surface area contributed by atoms with E-state index >= 15 is 0 Å². The maximum atomic E-state index is 5.85. The minimum absolute atomic E-state index is 0.427. The summed E-state index contributed by atoms with van der Waals surface area (Å²) in [5.74, 6) is 1.37. The molecule has 1 aromatic heterocycles. The summed E-state index contributed by atoms with van der Waals surface area (Å²) in [5.41, 5.74) is 3.64. The molecule has 4 nitrogen and oxygen atoms in total. The van der Waals surface area contributed by atoms with Gasteiger partial charge in [-0.05, 0) is 48.6 Å². The van der Waals surface area contributed by atoms with Crippen molar-refractivity contribution in [3.05, 3.63) is 59.8 Å². The Hall–Kier alpha value is -2.11. The monoisotopic (exact) mass is 319 g/mol. The molecule has 0 aliphatic rings. The van der Waals surface area contributed by atoms with Gasteiger partial charge in [0.05, 0.1) is 6.21 Å². The largest absolute Gasteiger partial charge is 0.455 e. The van der Waals surface area contributed by atoms with Crippen molar-refractivity contribution >= 4 is 35.1 Å². The van der Waals surface area contributed by atoms with Crippen LogP contribution in [-0.4, -0.2) is 17.9 Å². The topological polar surface area (TPSA) is 49.6 Å². The van der Waals surface area contributed by atoms with Crippen LogP contribution in [0.15, 0.2) is 58.6 Å². The Morgan fingerprint density at radius 3 is 2.76 bits per heavy atom. The molecule has 0 saturated heterocycles. The van der Waals surface area contributed by atoms with Gasteiger partial charge in [0.2, 0.25) is 0 Å². The van der Waals surface area contributed by atoms with Crippen molar-refractivity contribution in [2.24, 2.45) is 5.10 Å². The Bertz CT molecular complexity index is 649. The number of halogens is 1. The molecular weight excluding hydrogens is 306 g/mol. The number of hydrogen-bond acceptors (Lipinski definition) is 3. The lowest BCUT2D eigenvalue weighted by Crippen LogP contribution is -2.31. The van der Waals surface area contributed by atoms with Crippen LogP contribution in [0.5, 0.6) is 0 Å². The van der Waals surface area contributed by atoms with E-state index in [0.717, 1.165) is 11.3 Å². The number of benzene rings is 1. The van der Waals surface area contributed by atoms with E-state index in [0.29, 0.717) is 22.4 Å². The van der Waals surface area contributed by atoms with E-state index in [2.05, 4.69) is 22.4 Å².